The lowest BCUT2D eigenvalue weighted by molar-refractivity contribution is -0.116. The average molecular weight is 434 g/mol. The molecular weight excluding hydrogens is 412 g/mol. The van der Waals surface area contributed by atoms with Crippen LogP contribution in [0.4, 0.5) is 11.4 Å². The summed E-state index contributed by atoms with van der Waals surface area (Å²) in [5.41, 5.74) is 0.790. The second-order valence-corrected chi connectivity index (χ2v) is 8.77. The molecule has 0 unspecified atom stereocenters. The zero-order chi connectivity index (χ0) is 21.3. The van der Waals surface area contributed by atoms with Gasteiger partial charge in [0.25, 0.3) is 0 Å². The molecule has 1 atom stereocenters. The Morgan fingerprint density at radius 3 is 2.03 bits per heavy atom. The smallest absolute Gasteiger partial charge is 0.247 e. The van der Waals surface area contributed by atoms with Crippen LogP contribution in [0.15, 0.2) is 36.4 Å². The van der Waals surface area contributed by atoms with Crippen molar-refractivity contribution in [1.82, 2.24) is 0 Å². The number of fused-ring (bicyclic) bond motifs is 2. The van der Waals surface area contributed by atoms with Crippen LogP contribution in [0.25, 0.3) is 0 Å². The van der Waals surface area contributed by atoms with Gasteiger partial charge in [-0.05, 0) is 31.2 Å². The average Bonchev–Trinajstić information content (AvgIpc) is 2.72. The Balaban J connectivity index is 1.58. The van der Waals surface area contributed by atoms with Crippen molar-refractivity contribution in [3.63, 3.8) is 0 Å². The minimum atomic E-state index is -3.76. The lowest BCUT2D eigenvalue weighted by atomic mass is 10.2. The molecule has 160 valence electrons. The molecule has 2 aliphatic heterocycles. The number of nitrogens with zero attached hydrogens (tertiary/aromatic N) is 1. The Labute approximate surface area is 174 Å². The van der Waals surface area contributed by atoms with Crippen LogP contribution >= 0.6 is 0 Å². The summed E-state index contributed by atoms with van der Waals surface area (Å²) in [4.78, 5) is 12.9. The van der Waals surface area contributed by atoms with Crippen LogP contribution in [0.1, 0.15) is 6.92 Å². The van der Waals surface area contributed by atoms with Crippen molar-refractivity contribution in [1.29, 1.82) is 0 Å². The largest absolute Gasteiger partial charge is 0.486 e. The van der Waals surface area contributed by atoms with Gasteiger partial charge < -0.3 is 24.3 Å². The summed E-state index contributed by atoms with van der Waals surface area (Å²) < 4.78 is 48.1. The second-order valence-electron chi connectivity index (χ2n) is 6.91. The first-order chi connectivity index (χ1) is 14.3. The quantitative estimate of drug-likeness (QED) is 0.768. The Bertz CT molecular complexity index is 1070. The molecule has 1 N–H and O–H groups in total. The number of amides is 1. The number of hydrogen-bond donors (Lipinski definition) is 1. The standard InChI is InChI=1S/C20H22N2O7S/c1-13(20(23)21-14-3-5-16-18(11-14)28-9-7-26-16)22(30(2,24)25)15-4-6-17-19(12-15)29-10-8-27-17/h3-6,11-13H,7-10H2,1-2H3,(H,21,23)/t13-/m1/s1. The highest BCUT2D eigenvalue weighted by Gasteiger charge is 2.30. The summed E-state index contributed by atoms with van der Waals surface area (Å²) in [5.74, 6) is 1.60. The van der Waals surface area contributed by atoms with Gasteiger partial charge in [0.1, 0.15) is 32.5 Å². The molecule has 10 heteroatoms. The van der Waals surface area contributed by atoms with Gasteiger partial charge in [0.15, 0.2) is 23.0 Å². The molecule has 0 aliphatic carbocycles. The second kappa shape index (κ2) is 7.94. The molecule has 0 fully saturated rings. The Morgan fingerprint density at radius 1 is 0.900 bits per heavy atom. The molecule has 0 radical (unpaired) electrons. The van der Waals surface area contributed by atoms with Crippen molar-refractivity contribution in [3.8, 4) is 23.0 Å². The maximum absolute atomic E-state index is 12.9. The predicted octanol–water partition coefficient (Wildman–Crippen LogP) is 2.02. The molecule has 2 aromatic rings. The summed E-state index contributed by atoms with van der Waals surface area (Å²) in [5, 5.41) is 2.74. The van der Waals surface area contributed by atoms with E-state index in [-0.39, 0.29) is 0 Å². The number of rotatable bonds is 5. The number of hydrogen-bond acceptors (Lipinski definition) is 7. The highest BCUT2D eigenvalue weighted by molar-refractivity contribution is 7.92. The van der Waals surface area contributed by atoms with E-state index in [1.807, 2.05) is 0 Å². The van der Waals surface area contributed by atoms with E-state index in [2.05, 4.69) is 5.32 Å². The molecule has 9 nitrogen and oxygen atoms in total. The Morgan fingerprint density at radius 2 is 1.43 bits per heavy atom. The number of benzene rings is 2. The monoisotopic (exact) mass is 434 g/mol. The first kappa shape index (κ1) is 20.1. The number of carbonyl (C=O) groups excluding carboxylic acids is 1. The van der Waals surface area contributed by atoms with Crippen LogP contribution in [-0.4, -0.2) is 53.1 Å². The molecule has 2 heterocycles. The fourth-order valence-electron chi connectivity index (χ4n) is 3.35. The van der Waals surface area contributed by atoms with Crippen molar-refractivity contribution in [3.05, 3.63) is 36.4 Å². The van der Waals surface area contributed by atoms with Crippen LogP contribution in [0, 0.1) is 0 Å². The number of sulfonamides is 1. The van der Waals surface area contributed by atoms with Crippen LogP contribution in [0.2, 0.25) is 0 Å². The summed E-state index contributed by atoms with van der Waals surface area (Å²) in [7, 11) is -3.76. The molecule has 0 spiro atoms. The zero-order valence-electron chi connectivity index (χ0n) is 16.6. The van der Waals surface area contributed by atoms with Gasteiger partial charge in [-0.3, -0.25) is 9.10 Å². The fraction of sp³-hybridized carbons (Fsp3) is 0.350. The van der Waals surface area contributed by atoms with Crippen LogP contribution in [-0.2, 0) is 14.8 Å². The Kier molecular flexibility index (Phi) is 5.33. The molecular formula is C20H22N2O7S. The zero-order valence-corrected chi connectivity index (χ0v) is 17.4. The van der Waals surface area contributed by atoms with E-state index >= 15 is 0 Å². The van der Waals surface area contributed by atoms with Gasteiger partial charge in [-0.1, -0.05) is 0 Å². The lowest BCUT2D eigenvalue weighted by Crippen LogP contribution is -2.45. The summed E-state index contributed by atoms with van der Waals surface area (Å²) in [6.45, 7) is 3.21. The molecule has 30 heavy (non-hydrogen) atoms. The molecule has 0 saturated heterocycles. The van der Waals surface area contributed by atoms with Gasteiger partial charge in [-0.15, -0.1) is 0 Å². The van der Waals surface area contributed by atoms with E-state index in [4.69, 9.17) is 18.9 Å². The van der Waals surface area contributed by atoms with Gasteiger partial charge >= 0.3 is 0 Å². The van der Waals surface area contributed by atoms with E-state index in [0.717, 1.165) is 10.6 Å². The molecule has 0 bridgehead atoms. The van der Waals surface area contributed by atoms with Gasteiger partial charge in [-0.25, -0.2) is 8.42 Å². The minimum Gasteiger partial charge on any atom is -0.486 e. The number of nitrogens with one attached hydrogen (secondary N) is 1. The predicted molar refractivity (Wildman–Crippen MR) is 110 cm³/mol. The minimum absolute atomic E-state index is 0.312. The van der Waals surface area contributed by atoms with E-state index in [1.165, 1.54) is 6.92 Å². The summed E-state index contributed by atoms with van der Waals surface area (Å²) >= 11 is 0. The highest BCUT2D eigenvalue weighted by Crippen LogP contribution is 2.36. The molecule has 0 aromatic heterocycles. The third kappa shape index (κ3) is 4.09. The van der Waals surface area contributed by atoms with Crippen molar-refractivity contribution in [2.24, 2.45) is 0 Å². The first-order valence-electron chi connectivity index (χ1n) is 9.42. The summed E-state index contributed by atoms with van der Waals surface area (Å²) in [6.07, 6.45) is 1.05. The first-order valence-corrected chi connectivity index (χ1v) is 11.3. The maximum Gasteiger partial charge on any atom is 0.247 e. The fourth-order valence-corrected chi connectivity index (χ4v) is 4.51. The highest BCUT2D eigenvalue weighted by atomic mass is 32.2. The van der Waals surface area contributed by atoms with Gasteiger partial charge in [0.05, 0.1) is 11.9 Å². The maximum atomic E-state index is 12.9. The van der Waals surface area contributed by atoms with Crippen LogP contribution in [0.3, 0.4) is 0 Å². The number of carbonyl (C=O) groups is 1. The van der Waals surface area contributed by atoms with E-state index < -0.39 is 22.0 Å². The molecule has 2 aliphatic rings. The van der Waals surface area contributed by atoms with Gasteiger partial charge in [0.2, 0.25) is 15.9 Å². The third-order valence-electron chi connectivity index (χ3n) is 4.68. The van der Waals surface area contributed by atoms with E-state index in [9.17, 15) is 13.2 Å². The molecule has 2 aromatic carbocycles. The van der Waals surface area contributed by atoms with Crippen molar-refractivity contribution < 1.29 is 32.2 Å². The normalized spacial score (nSPS) is 15.8. The van der Waals surface area contributed by atoms with E-state index in [1.54, 1.807) is 36.4 Å². The van der Waals surface area contributed by atoms with Crippen LogP contribution < -0.4 is 28.6 Å². The van der Waals surface area contributed by atoms with Gasteiger partial charge in [0, 0.05) is 17.8 Å². The summed E-state index contributed by atoms with van der Waals surface area (Å²) in [6, 6.07) is 8.78. The topological polar surface area (TPSA) is 103 Å². The number of ether oxygens (including phenoxy) is 4. The molecule has 0 saturated carbocycles. The molecule has 4 rings (SSSR count). The van der Waals surface area contributed by atoms with Crippen LogP contribution in [0.5, 0.6) is 23.0 Å². The van der Waals surface area contributed by atoms with Gasteiger partial charge in [-0.2, -0.15) is 0 Å². The molecule has 1 amide bonds. The third-order valence-corrected chi connectivity index (χ3v) is 5.92. The Hall–Kier alpha value is -3.14. The van der Waals surface area contributed by atoms with Crippen molar-refractivity contribution >= 4 is 27.3 Å². The SMILES string of the molecule is C[C@H](C(=O)Nc1ccc2c(c1)OCCO2)N(c1ccc2c(c1)OCCO2)S(C)(=O)=O. The number of anilines is 2. The lowest BCUT2D eigenvalue weighted by Gasteiger charge is -2.29. The van der Waals surface area contributed by atoms with Crippen molar-refractivity contribution in [2.45, 2.75) is 13.0 Å². The van der Waals surface area contributed by atoms with E-state index in [0.29, 0.717) is 60.8 Å². The van der Waals surface area contributed by atoms with Crippen molar-refractivity contribution in [2.75, 3.05) is 42.3 Å².